The summed E-state index contributed by atoms with van der Waals surface area (Å²) in [7, 11) is 0. The lowest BCUT2D eigenvalue weighted by atomic mass is 10.1. The number of piperidine rings is 1. The molecule has 2 amide bonds. The molecule has 8 nitrogen and oxygen atoms in total. The smallest absolute Gasteiger partial charge is 0.414 e. The molecule has 37 heavy (non-hydrogen) atoms. The number of ether oxygens (including phenoxy) is 1. The molecular formula is C29H35N5O3. The van der Waals surface area contributed by atoms with Crippen molar-refractivity contribution < 1.29 is 14.3 Å². The fourth-order valence-electron chi connectivity index (χ4n) is 4.44. The maximum atomic E-state index is 13.1. The highest BCUT2D eigenvalue weighted by atomic mass is 16.6. The SMILES string of the molecule is CC(C)(C)N(C(=O)OCCc1ccccn1)c1ccc(NC(=O)c2cccnc2N2CCCCC2)cc1. The van der Waals surface area contributed by atoms with E-state index in [2.05, 4.69) is 20.2 Å². The van der Waals surface area contributed by atoms with Gasteiger partial charge in [-0.1, -0.05) is 6.07 Å². The average molecular weight is 502 g/mol. The third-order valence-electron chi connectivity index (χ3n) is 6.23. The minimum Gasteiger partial charge on any atom is -0.449 e. The molecule has 0 spiro atoms. The molecule has 0 atom stereocenters. The normalized spacial score (nSPS) is 13.6. The summed E-state index contributed by atoms with van der Waals surface area (Å²) in [6.45, 7) is 7.91. The van der Waals surface area contributed by atoms with Gasteiger partial charge in [-0.3, -0.25) is 14.7 Å². The van der Waals surface area contributed by atoms with Crippen LogP contribution in [0.25, 0.3) is 0 Å². The molecule has 3 heterocycles. The molecular weight excluding hydrogens is 466 g/mol. The van der Waals surface area contributed by atoms with E-state index in [0.717, 1.165) is 37.4 Å². The summed E-state index contributed by atoms with van der Waals surface area (Å²) in [6, 6.07) is 16.5. The minimum absolute atomic E-state index is 0.206. The van der Waals surface area contributed by atoms with Crippen LogP contribution in [0.3, 0.4) is 0 Å². The van der Waals surface area contributed by atoms with Crippen LogP contribution >= 0.6 is 0 Å². The molecule has 0 radical (unpaired) electrons. The number of rotatable bonds is 7. The number of amides is 2. The molecule has 1 aromatic carbocycles. The van der Waals surface area contributed by atoms with E-state index in [1.165, 1.54) is 6.42 Å². The highest BCUT2D eigenvalue weighted by molar-refractivity contribution is 6.07. The Morgan fingerprint density at radius 2 is 1.68 bits per heavy atom. The molecule has 1 saturated heterocycles. The quantitative estimate of drug-likeness (QED) is 0.447. The van der Waals surface area contributed by atoms with Gasteiger partial charge in [0.2, 0.25) is 0 Å². The lowest BCUT2D eigenvalue weighted by molar-refractivity contribution is 0.102. The van der Waals surface area contributed by atoms with Crippen molar-refractivity contribution in [3.63, 3.8) is 0 Å². The summed E-state index contributed by atoms with van der Waals surface area (Å²) >= 11 is 0. The van der Waals surface area contributed by atoms with Crippen LogP contribution in [0.15, 0.2) is 67.0 Å². The molecule has 4 rings (SSSR count). The topological polar surface area (TPSA) is 87.7 Å². The lowest BCUT2D eigenvalue weighted by Crippen LogP contribution is -2.46. The van der Waals surface area contributed by atoms with Crippen LogP contribution in [0.1, 0.15) is 56.1 Å². The zero-order chi connectivity index (χ0) is 26.3. The fourth-order valence-corrected chi connectivity index (χ4v) is 4.44. The molecule has 2 aromatic heterocycles. The van der Waals surface area contributed by atoms with E-state index in [1.54, 1.807) is 35.5 Å². The van der Waals surface area contributed by atoms with Crippen LogP contribution < -0.4 is 15.1 Å². The molecule has 0 saturated carbocycles. The van der Waals surface area contributed by atoms with Crippen LogP contribution in [0.2, 0.25) is 0 Å². The Hall–Kier alpha value is -3.94. The number of hydrogen-bond donors (Lipinski definition) is 1. The lowest BCUT2D eigenvalue weighted by Gasteiger charge is -2.34. The summed E-state index contributed by atoms with van der Waals surface area (Å²) in [5.41, 5.74) is 2.24. The number of aromatic nitrogens is 2. The van der Waals surface area contributed by atoms with Crippen molar-refractivity contribution in [1.82, 2.24) is 9.97 Å². The van der Waals surface area contributed by atoms with Crippen molar-refractivity contribution in [2.75, 3.05) is 34.8 Å². The van der Waals surface area contributed by atoms with Crippen LogP contribution in [0.4, 0.5) is 22.0 Å². The first-order chi connectivity index (χ1) is 17.8. The van der Waals surface area contributed by atoms with E-state index in [9.17, 15) is 9.59 Å². The number of hydrogen-bond acceptors (Lipinski definition) is 6. The number of benzene rings is 1. The largest absolute Gasteiger partial charge is 0.449 e. The summed E-state index contributed by atoms with van der Waals surface area (Å²) in [5, 5.41) is 2.98. The third kappa shape index (κ3) is 6.84. The number of anilines is 3. The maximum absolute atomic E-state index is 13.1. The van der Waals surface area contributed by atoms with E-state index in [0.29, 0.717) is 23.4 Å². The number of carbonyl (C=O) groups is 2. The van der Waals surface area contributed by atoms with Crippen molar-refractivity contribution in [2.24, 2.45) is 0 Å². The molecule has 0 bridgehead atoms. The van der Waals surface area contributed by atoms with Gasteiger partial charge in [0.05, 0.1) is 12.2 Å². The van der Waals surface area contributed by atoms with Crippen LogP contribution in [-0.4, -0.2) is 47.2 Å². The summed E-state index contributed by atoms with van der Waals surface area (Å²) in [6.07, 6.45) is 6.99. The average Bonchev–Trinajstić information content (AvgIpc) is 2.90. The van der Waals surface area contributed by atoms with E-state index >= 15 is 0 Å². The van der Waals surface area contributed by atoms with Gasteiger partial charge in [-0.25, -0.2) is 9.78 Å². The van der Waals surface area contributed by atoms with Gasteiger partial charge in [0.1, 0.15) is 5.82 Å². The van der Waals surface area contributed by atoms with Crippen molar-refractivity contribution in [3.8, 4) is 0 Å². The van der Waals surface area contributed by atoms with Gasteiger partial charge in [0.15, 0.2) is 0 Å². The molecule has 1 aliphatic rings. The summed E-state index contributed by atoms with van der Waals surface area (Å²) in [4.78, 5) is 38.7. The Balaban J connectivity index is 1.43. The van der Waals surface area contributed by atoms with Gasteiger partial charge < -0.3 is 15.0 Å². The van der Waals surface area contributed by atoms with Gasteiger partial charge >= 0.3 is 6.09 Å². The predicted molar refractivity (Wildman–Crippen MR) is 146 cm³/mol. The molecule has 1 aliphatic heterocycles. The number of nitrogens with one attached hydrogen (secondary N) is 1. The van der Waals surface area contributed by atoms with Crippen LogP contribution in [-0.2, 0) is 11.2 Å². The maximum Gasteiger partial charge on any atom is 0.414 e. The molecule has 1 N–H and O–H groups in total. The minimum atomic E-state index is -0.508. The molecule has 0 unspecified atom stereocenters. The fraction of sp³-hybridized carbons (Fsp3) is 0.379. The van der Waals surface area contributed by atoms with Crippen molar-refractivity contribution in [2.45, 2.75) is 52.0 Å². The molecule has 3 aromatic rings. The van der Waals surface area contributed by atoms with Crippen molar-refractivity contribution in [3.05, 3.63) is 78.2 Å². The van der Waals surface area contributed by atoms with E-state index in [4.69, 9.17) is 4.74 Å². The van der Waals surface area contributed by atoms with Gasteiger partial charge in [0, 0.05) is 54.5 Å². The Bertz CT molecular complexity index is 1190. The van der Waals surface area contributed by atoms with Crippen molar-refractivity contribution in [1.29, 1.82) is 0 Å². The first-order valence-electron chi connectivity index (χ1n) is 12.8. The zero-order valence-corrected chi connectivity index (χ0v) is 21.8. The van der Waals surface area contributed by atoms with Crippen molar-refractivity contribution >= 4 is 29.2 Å². The number of pyridine rings is 2. The molecule has 1 fully saturated rings. The molecule has 8 heteroatoms. The van der Waals surface area contributed by atoms with E-state index < -0.39 is 11.6 Å². The number of carbonyl (C=O) groups excluding carboxylic acids is 2. The van der Waals surface area contributed by atoms with Crippen LogP contribution in [0, 0.1) is 0 Å². The Morgan fingerprint density at radius 3 is 2.35 bits per heavy atom. The Morgan fingerprint density at radius 1 is 0.946 bits per heavy atom. The van der Waals surface area contributed by atoms with Gasteiger partial charge in [-0.2, -0.15) is 0 Å². The monoisotopic (exact) mass is 501 g/mol. The second-order valence-electron chi connectivity index (χ2n) is 10.1. The summed E-state index contributed by atoms with van der Waals surface area (Å²) in [5.74, 6) is 0.520. The Kier molecular flexibility index (Phi) is 8.38. The van der Waals surface area contributed by atoms with Gasteiger partial charge in [-0.15, -0.1) is 0 Å². The molecule has 194 valence electrons. The van der Waals surface area contributed by atoms with Crippen LogP contribution in [0.5, 0.6) is 0 Å². The van der Waals surface area contributed by atoms with Gasteiger partial charge in [0.25, 0.3) is 5.91 Å². The second-order valence-corrected chi connectivity index (χ2v) is 10.1. The molecule has 0 aliphatic carbocycles. The van der Waals surface area contributed by atoms with Gasteiger partial charge in [-0.05, 0) is 88.6 Å². The number of nitrogens with zero attached hydrogens (tertiary/aromatic N) is 4. The highest BCUT2D eigenvalue weighted by Gasteiger charge is 2.29. The first-order valence-corrected chi connectivity index (χ1v) is 12.8. The van der Waals surface area contributed by atoms with E-state index in [-0.39, 0.29) is 12.5 Å². The zero-order valence-electron chi connectivity index (χ0n) is 21.8. The summed E-state index contributed by atoms with van der Waals surface area (Å²) < 4.78 is 5.58. The van der Waals surface area contributed by atoms with E-state index in [1.807, 2.05) is 57.2 Å². The highest BCUT2D eigenvalue weighted by Crippen LogP contribution is 2.27. The first kappa shape index (κ1) is 26.1. The standard InChI is InChI=1S/C29H35N5O3/c1-29(2,3)34(28(36)37-21-16-22-10-5-6-17-30-22)24-14-12-23(13-15-24)32-27(35)25-11-9-18-31-26(25)33-19-7-4-8-20-33/h5-6,9-15,17-18H,4,7-8,16,19-21H2,1-3H3,(H,32,35). The second kappa shape index (κ2) is 11.9. The predicted octanol–water partition coefficient (Wildman–Crippen LogP) is 5.70. The third-order valence-corrected chi connectivity index (χ3v) is 6.23. The Labute approximate surface area is 218 Å².